The molecule has 1 amide bonds. The topological polar surface area (TPSA) is 66.0 Å². The van der Waals surface area contributed by atoms with Gasteiger partial charge in [0.2, 0.25) is 5.91 Å². The Bertz CT molecular complexity index is 647. The lowest BCUT2D eigenvalue weighted by atomic mass is 10.0. The minimum Gasteiger partial charge on any atom is -0.354 e. The Labute approximate surface area is 144 Å². The Hall–Kier alpha value is -1.76. The Morgan fingerprint density at radius 3 is 2.78 bits per heavy atom. The highest BCUT2D eigenvalue weighted by Gasteiger charge is 2.29. The van der Waals surface area contributed by atoms with Gasteiger partial charge in [0.25, 0.3) is 0 Å². The van der Waals surface area contributed by atoms with Crippen molar-refractivity contribution in [3.05, 3.63) is 64.4 Å². The normalized spacial score (nSPS) is 20.4. The van der Waals surface area contributed by atoms with Crippen LogP contribution < -0.4 is 16.2 Å². The molecule has 1 aliphatic rings. The fourth-order valence-electron chi connectivity index (χ4n) is 2.62. The molecule has 120 valence electrons. The number of benzene rings is 1. The van der Waals surface area contributed by atoms with Gasteiger partial charge in [0.05, 0.1) is 0 Å². The molecule has 3 rings (SSSR count). The Morgan fingerprint density at radius 1 is 1.22 bits per heavy atom. The number of rotatable bonds is 5. The summed E-state index contributed by atoms with van der Waals surface area (Å²) in [5.41, 5.74) is 8.43. The summed E-state index contributed by atoms with van der Waals surface area (Å²) in [6.07, 6.45) is 3.24. The minimum atomic E-state index is -0.215. The van der Waals surface area contributed by atoms with Gasteiger partial charge in [-0.3, -0.25) is 9.78 Å². The first-order valence-electron chi connectivity index (χ1n) is 7.66. The van der Waals surface area contributed by atoms with Crippen LogP contribution in [0.15, 0.2) is 53.1 Å². The van der Waals surface area contributed by atoms with Crippen LogP contribution in [0.5, 0.6) is 0 Å². The second-order valence-electron chi connectivity index (χ2n) is 5.54. The number of hydrogen-bond donors (Lipinski definition) is 3. The maximum Gasteiger partial charge on any atom is 0.238 e. The number of carbonyl (C=O) groups excluding carboxylic acids is 1. The number of hydrazine groups is 1. The highest BCUT2D eigenvalue weighted by Crippen LogP contribution is 2.23. The van der Waals surface area contributed by atoms with Crippen molar-refractivity contribution in [2.24, 2.45) is 0 Å². The lowest BCUT2D eigenvalue weighted by Crippen LogP contribution is -2.43. The predicted molar refractivity (Wildman–Crippen MR) is 92.5 cm³/mol. The van der Waals surface area contributed by atoms with E-state index >= 15 is 0 Å². The van der Waals surface area contributed by atoms with Crippen LogP contribution in [-0.4, -0.2) is 23.5 Å². The van der Waals surface area contributed by atoms with E-state index in [2.05, 4.69) is 49.2 Å². The zero-order valence-corrected chi connectivity index (χ0v) is 14.2. The van der Waals surface area contributed by atoms with E-state index in [0.717, 1.165) is 23.0 Å². The molecule has 0 spiro atoms. The van der Waals surface area contributed by atoms with E-state index in [1.165, 1.54) is 5.56 Å². The average Bonchev–Trinajstić information content (AvgIpc) is 3.06. The summed E-state index contributed by atoms with van der Waals surface area (Å²) in [4.78, 5) is 16.5. The molecular formula is C17H19BrN4O. The molecule has 2 unspecified atom stereocenters. The first-order valence-corrected chi connectivity index (χ1v) is 8.46. The Balaban J connectivity index is 1.46. The van der Waals surface area contributed by atoms with Gasteiger partial charge in [0.1, 0.15) is 6.04 Å². The van der Waals surface area contributed by atoms with Crippen LogP contribution >= 0.6 is 15.9 Å². The fraction of sp³-hybridized carbons (Fsp3) is 0.294. The van der Waals surface area contributed by atoms with Gasteiger partial charge >= 0.3 is 0 Å². The van der Waals surface area contributed by atoms with Crippen LogP contribution in [0.25, 0.3) is 0 Å². The maximum absolute atomic E-state index is 12.2. The second-order valence-corrected chi connectivity index (χ2v) is 6.46. The van der Waals surface area contributed by atoms with E-state index in [9.17, 15) is 4.79 Å². The Kier molecular flexibility index (Phi) is 5.38. The molecule has 6 heteroatoms. The largest absolute Gasteiger partial charge is 0.354 e. The molecule has 1 aliphatic heterocycles. The third-order valence-electron chi connectivity index (χ3n) is 3.90. The molecule has 5 nitrogen and oxygen atoms in total. The van der Waals surface area contributed by atoms with Crippen molar-refractivity contribution in [1.82, 2.24) is 21.2 Å². The summed E-state index contributed by atoms with van der Waals surface area (Å²) in [6.45, 7) is 0.594. The summed E-state index contributed by atoms with van der Waals surface area (Å²) in [7, 11) is 0. The molecule has 23 heavy (non-hydrogen) atoms. The Morgan fingerprint density at radius 2 is 2.04 bits per heavy atom. The number of amides is 1. The standard InChI is InChI=1S/C17H19BrN4O/c18-13-6-4-12(5-7-13)15-11-16(22-21-15)17(23)20-10-8-14-3-1-2-9-19-14/h1-7,9,15-16,21-22H,8,10-11H2,(H,20,23). The number of nitrogens with zero attached hydrogens (tertiary/aromatic N) is 1. The number of halogens is 1. The zero-order valence-electron chi connectivity index (χ0n) is 12.6. The van der Waals surface area contributed by atoms with Crippen molar-refractivity contribution >= 4 is 21.8 Å². The predicted octanol–water partition coefficient (Wildman–Crippen LogP) is 2.11. The molecule has 1 aromatic carbocycles. The first kappa shape index (κ1) is 16.1. The van der Waals surface area contributed by atoms with Crippen LogP contribution in [0, 0.1) is 0 Å². The lowest BCUT2D eigenvalue weighted by Gasteiger charge is -2.10. The highest BCUT2D eigenvalue weighted by molar-refractivity contribution is 9.10. The van der Waals surface area contributed by atoms with Crippen LogP contribution in [0.1, 0.15) is 23.7 Å². The third kappa shape index (κ3) is 4.37. The summed E-state index contributed by atoms with van der Waals surface area (Å²) in [6, 6.07) is 13.9. The zero-order chi connectivity index (χ0) is 16.1. The van der Waals surface area contributed by atoms with Gasteiger partial charge in [-0.05, 0) is 36.2 Å². The van der Waals surface area contributed by atoms with Crippen LogP contribution in [0.4, 0.5) is 0 Å². The smallest absolute Gasteiger partial charge is 0.238 e. The van der Waals surface area contributed by atoms with E-state index in [-0.39, 0.29) is 18.0 Å². The van der Waals surface area contributed by atoms with Gasteiger partial charge in [-0.2, -0.15) is 0 Å². The lowest BCUT2D eigenvalue weighted by molar-refractivity contribution is -0.122. The summed E-state index contributed by atoms with van der Waals surface area (Å²) >= 11 is 3.43. The summed E-state index contributed by atoms with van der Waals surface area (Å²) in [5, 5.41) is 2.97. The molecule has 2 heterocycles. The fourth-order valence-corrected chi connectivity index (χ4v) is 2.89. The summed E-state index contributed by atoms with van der Waals surface area (Å²) in [5.74, 6) is 0.0213. The van der Waals surface area contributed by atoms with Gasteiger partial charge in [-0.15, -0.1) is 0 Å². The van der Waals surface area contributed by atoms with E-state index in [1.54, 1.807) is 6.20 Å². The number of carbonyl (C=O) groups is 1. The number of aromatic nitrogens is 1. The maximum atomic E-state index is 12.2. The number of hydrogen-bond acceptors (Lipinski definition) is 4. The summed E-state index contributed by atoms with van der Waals surface area (Å²) < 4.78 is 1.05. The van der Waals surface area contributed by atoms with E-state index in [0.29, 0.717) is 6.54 Å². The first-order chi connectivity index (χ1) is 11.2. The molecule has 1 fully saturated rings. The van der Waals surface area contributed by atoms with Crippen LogP contribution in [0.2, 0.25) is 0 Å². The quantitative estimate of drug-likeness (QED) is 0.749. The molecule has 0 aliphatic carbocycles. The molecule has 2 atom stereocenters. The third-order valence-corrected chi connectivity index (χ3v) is 4.43. The van der Waals surface area contributed by atoms with Crippen LogP contribution in [-0.2, 0) is 11.2 Å². The van der Waals surface area contributed by atoms with Gasteiger partial charge in [-0.25, -0.2) is 10.9 Å². The molecular weight excluding hydrogens is 356 g/mol. The highest BCUT2D eigenvalue weighted by atomic mass is 79.9. The number of nitrogens with one attached hydrogen (secondary N) is 3. The second kappa shape index (κ2) is 7.68. The van der Waals surface area contributed by atoms with Crippen molar-refractivity contribution in [3.8, 4) is 0 Å². The van der Waals surface area contributed by atoms with Crippen molar-refractivity contribution in [3.63, 3.8) is 0 Å². The van der Waals surface area contributed by atoms with E-state index < -0.39 is 0 Å². The van der Waals surface area contributed by atoms with E-state index in [4.69, 9.17) is 0 Å². The van der Waals surface area contributed by atoms with Crippen molar-refractivity contribution in [2.45, 2.75) is 24.9 Å². The van der Waals surface area contributed by atoms with Crippen LogP contribution in [0.3, 0.4) is 0 Å². The molecule has 0 radical (unpaired) electrons. The number of pyridine rings is 1. The van der Waals surface area contributed by atoms with Gasteiger partial charge in [0, 0.05) is 35.4 Å². The van der Waals surface area contributed by atoms with Crippen molar-refractivity contribution < 1.29 is 4.79 Å². The molecule has 1 aromatic heterocycles. The monoisotopic (exact) mass is 374 g/mol. The molecule has 3 N–H and O–H groups in total. The average molecular weight is 375 g/mol. The van der Waals surface area contributed by atoms with Crippen molar-refractivity contribution in [1.29, 1.82) is 0 Å². The van der Waals surface area contributed by atoms with Crippen molar-refractivity contribution in [2.75, 3.05) is 6.54 Å². The molecule has 0 bridgehead atoms. The van der Waals surface area contributed by atoms with Gasteiger partial charge in [-0.1, -0.05) is 34.1 Å². The minimum absolute atomic E-state index is 0.0213. The molecule has 2 aromatic rings. The molecule has 1 saturated heterocycles. The SMILES string of the molecule is O=C(NCCc1ccccn1)C1CC(c2ccc(Br)cc2)NN1. The van der Waals surface area contributed by atoms with E-state index in [1.807, 2.05) is 30.3 Å². The molecule has 0 saturated carbocycles. The van der Waals surface area contributed by atoms with Gasteiger partial charge in [0.15, 0.2) is 0 Å². The van der Waals surface area contributed by atoms with Gasteiger partial charge < -0.3 is 5.32 Å².